The number of hydrogen-bond acceptors (Lipinski definition) is 3. The minimum atomic E-state index is 0.556. The Balaban J connectivity index is 1.94. The zero-order valence-electron chi connectivity index (χ0n) is 9.49. The first-order chi connectivity index (χ1) is 7.22. The highest BCUT2D eigenvalue weighted by atomic mass is 16.5. The third kappa shape index (κ3) is 2.38. The van der Waals surface area contributed by atoms with Crippen LogP contribution in [0.1, 0.15) is 29.8 Å². The lowest BCUT2D eigenvalue weighted by Crippen LogP contribution is -2.08. The van der Waals surface area contributed by atoms with Crippen molar-refractivity contribution in [2.24, 2.45) is 11.7 Å². The highest BCUT2D eigenvalue weighted by Gasteiger charge is 2.21. The van der Waals surface area contributed by atoms with Crippen LogP contribution in [0, 0.1) is 19.8 Å². The standard InChI is InChI=1S/C11H19N3O/c1-8-11(5-12)9(2)14(13-8)7-15-6-10-3-4-10/h10H,3-7,12H2,1-2H3. The largest absolute Gasteiger partial charge is 0.359 e. The highest BCUT2D eigenvalue weighted by molar-refractivity contribution is 5.23. The molecule has 0 amide bonds. The van der Waals surface area contributed by atoms with Crippen molar-refractivity contribution < 1.29 is 4.74 Å². The molecule has 0 saturated heterocycles. The first-order valence-electron chi connectivity index (χ1n) is 5.53. The molecule has 1 saturated carbocycles. The Morgan fingerprint density at radius 2 is 2.20 bits per heavy atom. The lowest BCUT2D eigenvalue weighted by molar-refractivity contribution is 0.0597. The van der Waals surface area contributed by atoms with Crippen molar-refractivity contribution in [3.05, 3.63) is 17.0 Å². The summed E-state index contributed by atoms with van der Waals surface area (Å²) in [5.41, 5.74) is 8.95. The Morgan fingerprint density at radius 1 is 1.47 bits per heavy atom. The number of aromatic nitrogens is 2. The van der Waals surface area contributed by atoms with Crippen LogP contribution in [-0.2, 0) is 18.0 Å². The van der Waals surface area contributed by atoms with Crippen molar-refractivity contribution in [1.29, 1.82) is 0 Å². The summed E-state index contributed by atoms with van der Waals surface area (Å²) in [7, 11) is 0. The summed E-state index contributed by atoms with van der Waals surface area (Å²) in [4.78, 5) is 0. The van der Waals surface area contributed by atoms with Gasteiger partial charge in [0.25, 0.3) is 0 Å². The number of ether oxygens (including phenoxy) is 1. The number of rotatable bonds is 5. The first-order valence-corrected chi connectivity index (χ1v) is 5.53. The fourth-order valence-corrected chi connectivity index (χ4v) is 1.75. The monoisotopic (exact) mass is 209 g/mol. The molecule has 1 aromatic rings. The molecule has 2 rings (SSSR count). The fraction of sp³-hybridized carbons (Fsp3) is 0.727. The molecule has 0 aliphatic heterocycles. The zero-order chi connectivity index (χ0) is 10.8. The van der Waals surface area contributed by atoms with E-state index in [1.165, 1.54) is 12.8 Å². The quantitative estimate of drug-likeness (QED) is 0.796. The molecule has 2 N–H and O–H groups in total. The first kappa shape index (κ1) is 10.6. The molecule has 0 aromatic carbocycles. The number of hydrogen-bond donors (Lipinski definition) is 1. The van der Waals surface area contributed by atoms with Crippen molar-refractivity contribution in [1.82, 2.24) is 9.78 Å². The van der Waals surface area contributed by atoms with Crippen LogP contribution in [0.25, 0.3) is 0 Å². The smallest absolute Gasteiger partial charge is 0.139 e. The van der Waals surface area contributed by atoms with E-state index in [-0.39, 0.29) is 0 Å². The van der Waals surface area contributed by atoms with Gasteiger partial charge in [0.1, 0.15) is 6.73 Å². The Bertz CT molecular complexity index is 342. The maximum absolute atomic E-state index is 5.66. The molecule has 1 aliphatic carbocycles. The van der Waals surface area contributed by atoms with E-state index in [4.69, 9.17) is 10.5 Å². The van der Waals surface area contributed by atoms with E-state index < -0.39 is 0 Å². The predicted octanol–water partition coefficient (Wildman–Crippen LogP) is 1.34. The zero-order valence-corrected chi connectivity index (χ0v) is 9.49. The Hall–Kier alpha value is -0.870. The second-order valence-corrected chi connectivity index (χ2v) is 4.30. The van der Waals surface area contributed by atoms with Gasteiger partial charge in [0, 0.05) is 17.8 Å². The third-order valence-electron chi connectivity index (χ3n) is 3.00. The summed E-state index contributed by atoms with van der Waals surface area (Å²) < 4.78 is 7.50. The predicted molar refractivity (Wildman–Crippen MR) is 58.3 cm³/mol. The molecule has 84 valence electrons. The van der Waals surface area contributed by atoms with Gasteiger partial charge in [-0.2, -0.15) is 5.10 Å². The fourth-order valence-electron chi connectivity index (χ4n) is 1.75. The number of nitrogens with zero attached hydrogens (tertiary/aromatic N) is 2. The Labute approximate surface area is 90.4 Å². The maximum atomic E-state index is 5.66. The highest BCUT2D eigenvalue weighted by Crippen LogP contribution is 2.28. The van der Waals surface area contributed by atoms with Crippen LogP contribution in [0.3, 0.4) is 0 Å². The van der Waals surface area contributed by atoms with Gasteiger partial charge in [-0.15, -0.1) is 0 Å². The Morgan fingerprint density at radius 3 is 2.73 bits per heavy atom. The van der Waals surface area contributed by atoms with E-state index in [0.717, 1.165) is 29.5 Å². The van der Waals surface area contributed by atoms with E-state index in [9.17, 15) is 0 Å². The average Bonchev–Trinajstić information content (AvgIpc) is 2.96. The summed E-state index contributed by atoms with van der Waals surface area (Å²) in [5.74, 6) is 0.802. The van der Waals surface area contributed by atoms with Crippen LogP contribution in [0.5, 0.6) is 0 Å². The summed E-state index contributed by atoms with van der Waals surface area (Å²) in [6.07, 6.45) is 2.65. The molecule has 0 atom stereocenters. The molecule has 0 unspecified atom stereocenters. The van der Waals surface area contributed by atoms with Gasteiger partial charge in [0.05, 0.1) is 12.3 Å². The van der Waals surface area contributed by atoms with Gasteiger partial charge in [-0.3, -0.25) is 0 Å². The molecule has 1 fully saturated rings. The molecular weight excluding hydrogens is 190 g/mol. The van der Waals surface area contributed by atoms with Crippen LogP contribution in [0.4, 0.5) is 0 Å². The van der Waals surface area contributed by atoms with Crippen molar-refractivity contribution in [3.8, 4) is 0 Å². The SMILES string of the molecule is Cc1nn(COCC2CC2)c(C)c1CN. The van der Waals surface area contributed by atoms with Gasteiger partial charge in [-0.05, 0) is 32.6 Å². The molecule has 15 heavy (non-hydrogen) atoms. The minimum absolute atomic E-state index is 0.556. The van der Waals surface area contributed by atoms with E-state index >= 15 is 0 Å². The van der Waals surface area contributed by atoms with Gasteiger partial charge in [-0.25, -0.2) is 4.68 Å². The average molecular weight is 209 g/mol. The molecule has 1 aliphatic rings. The lowest BCUT2D eigenvalue weighted by Gasteiger charge is -2.05. The normalized spacial score (nSPS) is 15.9. The third-order valence-corrected chi connectivity index (χ3v) is 3.00. The number of nitrogens with two attached hydrogens (primary N) is 1. The second kappa shape index (κ2) is 4.33. The summed E-state index contributed by atoms with van der Waals surface area (Å²) in [5, 5.41) is 4.41. The number of aryl methyl sites for hydroxylation is 1. The van der Waals surface area contributed by atoms with Crippen LogP contribution in [0.2, 0.25) is 0 Å². The van der Waals surface area contributed by atoms with Crippen LogP contribution >= 0.6 is 0 Å². The van der Waals surface area contributed by atoms with Gasteiger partial charge < -0.3 is 10.5 Å². The minimum Gasteiger partial charge on any atom is -0.359 e. The molecule has 0 spiro atoms. The molecule has 1 heterocycles. The molecule has 4 heteroatoms. The van der Waals surface area contributed by atoms with Gasteiger partial charge in [-0.1, -0.05) is 0 Å². The van der Waals surface area contributed by atoms with Crippen LogP contribution in [0.15, 0.2) is 0 Å². The summed E-state index contributed by atoms with van der Waals surface area (Å²) >= 11 is 0. The van der Waals surface area contributed by atoms with Crippen molar-refractivity contribution >= 4 is 0 Å². The topological polar surface area (TPSA) is 53.1 Å². The Kier molecular flexibility index (Phi) is 3.07. The van der Waals surface area contributed by atoms with E-state index in [1.807, 2.05) is 18.5 Å². The van der Waals surface area contributed by atoms with Crippen molar-refractivity contribution in [3.63, 3.8) is 0 Å². The molecule has 4 nitrogen and oxygen atoms in total. The second-order valence-electron chi connectivity index (χ2n) is 4.30. The lowest BCUT2D eigenvalue weighted by atomic mass is 10.2. The summed E-state index contributed by atoms with van der Waals surface area (Å²) in [6, 6.07) is 0. The van der Waals surface area contributed by atoms with E-state index in [2.05, 4.69) is 5.10 Å². The van der Waals surface area contributed by atoms with Gasteiger partial charge >= 0.3 is 0 Å². The summed E-state index contributed by atoms with van der Waals surface area (Å²) in [6.45, 7) is 6.02. The molecule has 0 bridgehead atoms. The van der Waals surface area contributed by atoms with Gasteiger partial charge in [0.15, 0.2) is 0 Å². The van der Waals surface area contributed by atoms with Crippen LogP contribution < -0.4 is 5.73 Å². The molecular formula is C11H19N3O. The van der Waals surface area contributed by atoms with Crippen LogP contribution in [-0.4, -0.2) is 16.4 Å². The van der Waals surface area contributed by atoms with E-state index in [1.54, 1.807) is 0 Å². The van der Waals surface area contributed by atoms with E-state index in [0.29, 0.717) is 13.3 Å². The maximum Gasteiger partial charge on any atom is 0.139 e. The van der Waals surface area contributed by atoms with Crippen molar-refractivity contribution in [2.45, 2.75) is 40.0 Å². The van der Waals surface area contributed by atoms with Gasteiger partial charge in [0.2, 0.25) is 0 Å². The molecule has 1 aromatic heterocycles. The molecule has 0 radical (unpaired) electrons. The van der Waals surface area contributed by atoms with Crippen molar-refractivity contribution in [2.75, 3.05) is 6.61 Å².